The Hall–Kier alpha value is -3.23. The summed E-state index contributed by atoms with van der Waals surface area (Å²) in [5.74, 6) is -0.272. The van der Waals surface area contributed by atoms with E-state index < -0.39 is 29.2 Å². The van der Waals surface area contributed by atoms with E-state index in [9.17, 15) is 22.8 Å². The molecule has 0 saturated heterocycles. The van der Waals surface area contributed by atoms with Crippen LogP contribution in [0.25, 0.3) is 0 Å². The number of halogens is 3. The third-order valence-corrected chi connectivity index (χ3v) is 3.76. The molecular weight excluding hydrogens is 377 g/mol. The van der Waals surface area contributed by atoms with E-state index in [2.05, 4.69) is 10.6 Å². The first-order valence-electron chi connectivity index (χ1n) is 8.13. The maximum Gasteiger partial charge on any atom is 0.418 e. The van der Waals surface area contributed by atoms with Crippen molar-refractivity contribution in [2.75, 3.05) is 24.9 Å². The first-order valence-corrected chi connectivity index (χ1v) is 8.13. The van der Waals surface area contributed by atoms with Gasteiger partial charge in [-0.3, -0.25) is 9.59 Å². The van der Waals surface area contributed by atoms with E-state index in [1.807, 2.05) is 0 Å². The molecule has 0 heterocycles. The van der Waals surface area contributed by atoms with E-state index in [-0.39, 0.29) is 12.1 Å². The second-order valence-electron chi connectivity index (χ2n) is 5.84. The molecule has 0 aliphatic rings. The molecule has 0 aliphatic carbocycles. The van der Waals surface area contributed by atoms with Crippen molar-refractivity contribution in [3.63, 3.8) is 0 Å². The summed E-state index contributed by atoms with van der Waals surface area (Å²) < 4.78 is 50.3. The number of ether oxygens (including phenoxy) is 2. The van der Waals surface area contributed by atoms with Gasteiger partial charge in [0.15, 0.2) is 0 Å². The van der Waals surface area contributed by atoms with Crippen LogP contribution in [0.4, 0.5) is 24.5 Å². The SMILES string of the molecule is COc1ccc(OC)c(CC(=O)Nc2ccc(NC(C)=O)cc2C(F)(F)F)c1. The third kappa shape index (κ3) is 5.38. The molecule has 2 rings (SSSR count). The number of methoxy groups -OCH3 is 2. The molecule has 0 fully saturated rings. The van der Waals surface area contributed by atoms with E-state index in [0.717, 1.165) is 12.1 Å². The molecule has 2 N–H and O–H groups in total. The molecule has 2 aromatic rings. The largest absolute Gasteiger partial charge is 0.497 e. The Morgan fingerprint density at radius 2 is 1.71 bits per heavy atom. The van der Waals surface area contributed by atoms with Gasteiger partial charge in [0.25, 0.3) is 0 Å². The van der Waals surface area contributed by atoms with Crippen molar-refractivity contribution in [3.05, 3.63) is 47.5 Å². The molecule has 150 valence electrons. The Bertz CT molecular complexity index is 882. The van der Waals surface area contributed by atoms with Gasteiger partial charge in [0.1, 0.15) is 11.5 Å². The van der Waals surface area contributed by atoms with Gasteiger partial charge in [-0.2, -0.15) is 13.2 Å². The van der Waals surface area contributed by atoms with Gasteiger partial charge in [0, 0.05) is 18.2 Å². The fourth-order valence-electron chi connectivity index (χ4n) is 2.56. The quantitative estimate of drug-likeness (QED) is 0.777. The number of anilines is 2. The van der Waals surface area contributed by atoms with Crippen molar-refractivity contribution >= 4 is 23.2 Å². The van der Waals surface area contributed by atoms with Gasteiger partial charge in [-0.15, -0.1) is 0 Å². The lowest BCUT2D eigenvalue weighted by molar-refractivity contribution is -0.137. The fourth-order valence-corrected chi connectivity index (χ4v) is 2.56. The first-order chi connectivity index (χ1) is 13.1. The summed E-state index contributed by atoms with van der Waals surface area (Å²) in [5.41, 5.74) is -1.03. The molecule has 0 bridgehead atoms. The summed E-state index contributed by atoms with van der Waals surface area (Å²) in [6.45, 7) is 1.18. The van der Waals surface area contributed by atoms with Crippen LogP contribution in [-0.4, -0.2) is 26.0 Å². The van der Waals surface area contributed by atoms with Gasteiger partial charge in [-0.05, 0) is 36.4 Å². The molecule has 0 radical (unpaired) electrons. The van der Waals surface area contributed by atoms with Gasteiger partial charge in [0.05, 0.1) is 31.9 Å². The highest BCUT2D eigenvalue weighted by Gasteiger charge is 2.34. The molecule has 2 aromatic carbocycles. The number of benzene rings is 2. The third-order valence-electron chi connectivity index (χ3n) is 3.76. The van der Waals surface area contributed by atoms with Crippen molar-refractivity contribution in [1.82, 2.24) is 0 Å². The van der Waals surface area contributed by atoms with Crippen molar-refractivity contribution in [2.24, 2.45) is 0 Å². The van der Waals surface area contributed by atoms with Crippen LogP contribution in [0.2, 0.25) is 0 Å². The number of nitrogens with one attached hydrogen (secondary N) is 2. The molecule has 28 heavy (non-hydrogen) atoms. The van der Waals surface area contributed by atoms with E-state index in [4.69, 9.17) is 9.47 Å². The van der Waals surface area contributed by atoms with Gasteiger partial charge < -0.3 is 20.1 Å². The van der Waals surface area contributed by atoms with Gasteiger partial charge >= 0.3 is 6.18 Å². The Kier molecular flexibility index (Phi) is 6.50. The van der Waals surface area contributed by atoms with Crippen LogP contribution in [0.5, 0.6) is 11.5 Å². The van der Waals surface area contributed by atoms with Crippen LogP contribution in [-0.2, 0) is 22.2 Å². The van der Waals surface area contributed by atoms with Crippen LogP contribution >= 0.6 is 0 Å². The molecule has 0 aromatic heterocycles. The summed E-state index contributed by atoms with van der Waals surface area (Å²) >= 11 is 0. The molecule has 9 heteroatoms. The minimum atomic E-state index is -4.72. The molecule has 2 amide bonds. The summed E-state index contributed by atoms with van der Waals surface area (Å²) in [7, 11) is 2.88. The lowest BCUT2D eigenvalue weighted by Gasteiger charge is -2.16. The zero-order chi connectivity index (χ0) is 20.9. The highest BCUT2D eigenvalue weighted by atomic mass is 19.4. The van der Waals surface area contributed by atoms with Crippen LogP contribution in [0, 0.1) is 0 Å². The van der Waals surface area contributed by atoms with Gasteiger partial charge in [-0.1, -0.05) is 0 Å². The minimum Gasteiger partial charge on any atom is -0.497 e. The Morgan fingerprint density at radius 3 is 2.29 bits per heavy atom. The second-order valence-corrected chi connectivity index (χ2v) is 5.84. The van der Waals surface area contributed by atoms with Crippen LogP contribution in [0.3, 0.4) is 0 Å². The number of amides is 2. The molecular formula is C19H19F3N2O4. The topological polar surface area (TPSA) is 76.7 Å². The van der Waals surface area contributed by atoms with E-state index in [1.54, 1.807) is 18.2 Å². The summed E-state index contributed by atoms with van der Waals surface area (Å²) in [6, 6.07) is 7.95. The lowest BCUT2D eigenvalue weighted by Crippen LogP contribution is -2.19. The minimum absolute atomic E-state index is 0.0210. The number of alkyl halides is 3. The molecule has 6 nitrogen and oxygen atoms in total. The van der Waals surface area contributed by atoms with Crippen molar-refractivity contribution < 1.29 is 32.2 Å². The molecule has 0 aliphatic heterocycles. The average molecular weight is 396 g/mol. The van der Waals surface area contributed by atoms with E-state index in [0.29, 0.717) is 17.1 Å². The van der Waals surface area contributed by atoms with Crippen LogP contribution in [0.1, 0.15) is 18.1 Å². The van der Waals surface area contributed by atoms with E-state index >= 15 is 0 Å². The van der Waals surface area contributed by atoms with Crippen LogP contribution in [0.15, 0.2) is 36.4 Å². The molecule has 0 unspecified atom stereocenters. The number of carbonyl (C=O) groups is 2. The molecule has 0 spiro atoms. The second kappa shape index (κ2) is 8.64. The standard InChI is InChI=1S/C19H19F3N2O4/c1-11(25)23-13-4-6-16(15(10-13)19(20,21)22)24-18(26)9-12-8-14(27-2)5-7-17(12)28-3/h4-8,10H,9H2,1-3H3,(H,23,25)(H,24,26). The van der Waals surface area contributed by atoms with Crippen molar-refractivity contribution in [2.45, 2.75) is 19.5 Å². The zero-order valence-corrected chi connectivity index (χ0v) is 15.4. The fraction of sp³-hybridized carbons (Fsp3) is 0.263. The van der Waals surface area contributed by atoms with Crippen molar-refractivity contribution in [3.8, 4) is 11.5 Å². The lowest BCUT2D eigenvalue weighted by atomic mass is 10.1. The normalized spacial score (nSPS) is 10.9. The molecule has 0 atom stereocenters. The van der Waals surface area contributed by atoms with Gasteiger partial charge in [0.2, 0.25) is 11.8 Å². The van der Waals surface area contributed by atoms with E-state index in [1.165, 1.54) is 27.2 Å². The Labute approximate surface area is 159 Å². The van der Waals surface area contributed by atoms with Crippen LogP contribution < -0.4 is 20.1 Å². The maximum atomic E-state index is 13.4. The average Bonchev–Trinajstić information content (AvgIpc) is 2.61. The van der Waals surface area contributed by atoms with Crippen molar-refractivity contribution in [1.29, 1.82) is 0 Å². The first kappa shape index (κ1) is 21.1. The summed E-state index contributed by atoms with van der Waals surface area (Å²) in [5, 5.41) is 4.55. The predicted molar refractivity (Wildman–Crippen MR) is 97.6 cm³/mol. The monoisotopic (exact) mass is 396 g/mol. The number of hydrogen-bond acceptors (Lipinski definition) is 4. The smallest absolute Gasteiger partial charge is 0.418 e. The maximum absolute atomic E-state index is 13.4. The molecule has 0 saturated carbocycles. The highest BCUT2D eigenvalue weighted by molar-refractivity contribution is 5.94. The van der Waals surface area contributed by atoms with Gasteiger partial charge in [-0.25, -0.2) is 0 Å². The predicted octanol–water partition coefficient (Wildman–Crippen LogP) is 3.86. The Balaban J connectivity index is 2.27. The number of carbonyl (C=O) groups excluding carboxylic acids is 2. The highest BCUT2D eigenvalue weighted by Crippen LogP contribution is 2.37. The summed E-state index contributed by atoms with van der Waals surface area (Å²) in [6.07, 6.45) is -4.93. The Morgan fingerprint density at radius 1 is 1.00 bits per heavy atom. The number of hydrogen-bond donors (Lipinski definition) is 2. The summed E-state index contributed by atoms with van der Waals surface area (Å²) in [4.78, 5) is 23.4. The number of rotatable bonds is 6. The zero-order valence-electron chi connectivity index (χ0n) is 15.4.